The molecule has 0 saturated carbocycles. The Hall–Kier alpha value is -0.412. The summed E-state index contributed by atoms with van der Waals surface area (Å²) in [5.74, 6) is -1.39. The Bertz CT molecular complexity index is 209. The molecule has 0 spiro atoms. The van der Waals surface area contributed by atoms with Gasteiger partial charge in [0.1, 0.15) is 6.54 Å². The first-order valence-electron chi connectivity index (χ1n) is 4.40. The maximum absolute atomic E-state index is 10.7. The third kappa shape index (κ3) is 11.5. The van der Waals surface area contributed by atoms with E-state index in [4.69, 9.17) is 9.84 Å². The molecule has 0 heterocycles. The molecule has 0 aliphatic rings. The molecule has 0 aromatic rings. The fourth-order valence-electron chi connectivity index (χ4n) is 1.18. The molecule has 0 radical (unpaired) electrons. The smallest absolute Gasteiger partial charge is 0.307 e. The molecule has 1 N–H and O–H groups in total. The summed E-state index contributed by atoms with van der Waals surface area (Å²) in [7, 11) is 5.75. The van der Waals surface area contributed by atoms with Crippen LogP contribution in [0.15, 0.2) is 0 Å². The molecule has 0 unspecified atom stereocenters. The Morgan fingerprint density at radius 1 is 1.33 bits per heavy atom. The van der Waals surface area contributed by atoms with Crippen molar-refractivity contribution in [2.75, 3.05) is 27.7 Å². The Kier molecular flexibility index (Phi) is 7.89. The van der Waals surface area contributed by atoms with Crippen LogP contribution in [0.3, 0.4) is 0 Å². The standard InChI is InChI=1S/C9H17NO4.Pt/c1-7(11)14-8(5-9(12)13)6-10(2,3)4;/h8H,5-6H2,1-4H3;/p+1/t8-;/m1./s1. The zero-order valence-electron chi connectivity index (χ0n) is 9.43. The van der Waals surface area contributed by atoms with Crippen molar-refractivity contribution in [3.63, 3.8) is 0 Å². The number of hydrogen-bond donors (Lipinski definition) is 1. The van der Waals surface area contributed by atoms with E-state index in [0.29, 0.717) is 11.0 Å². The molecule has 0 aromatic heterocycles. The summed E-state index contributed by atoms with van der Waals surface area (Å²) in [5.41, 5.74) is 0. The van der Waals surface area contributed by atoms with E-state index in [1.165, 1.54) is 6.92 Å². The Morgan fingerprint density at radius 2 is 1.80 bits per heavy atom. The van der Waals surface area contributed by atoms with Crippen LogP contribution >= 0.6 is 0 Å². The number of carboxylic acid groups (broad SMARTS) is 1. The molecule has 0 rings (SSSR count). The van der Waals surface area contributed by atoms with Gasteiger partial charge >= 0.3 is 11.9 Å². The molecule has 0 saturated heterocycles. The predicted octanol–water partition coefficient (Wildman–Crippen LogP) is 0.0965. The van der Waals surface area contributed by atoms with Crippen LogP contribution in [0.5, 0.6) is 0 Å². The van der Waals surface area contributed by atoms with Gasteiger partial charge in [0, 0.05) is 28.0 Å². The normalized spacial score (nSPS) is 12.5. The summed E-state index contributed by atoms with van der Waals surface area (Å²) in [5, 5.41) is 8.60. The van der Waals surface area contributed by atoms with Gasteiger partial charge in [-0.3, -0.25) is 9.59 Å². The monoisotopic (exact) mass is 399 g/mol. The van der Waals surface area contributed by atoms with Gasteiger partial charge in [-0.25, -0.2) is 0 Å². The van der Waals surface area contributed by atoms with Gasteiger partial charge < -0.3 is 14.3 Å². The number of ether oxygens (including phenoxy) is 1. The number of nitrogens with zero attached hydrogens (tertiary/aromatic N) is 1. The van der Waals surface area contributed by atoms with Crippen LogP contribution in [0, 0.1) is 0 Å². The summed E-state index contributed by atoms with van der Waals surface area (Å²) in [4.78, 5) is 21.2. The van der Waals surface area contributed by atoms with Crippen molar-refractivity contribution in [3.05, 3.63) is 0 Å². The number of esters is 1. The molecule has 1 atom stereocenters. The van der Waals surface area contributed by atoms with Gasteiger partial charge in [-0.1, -0.05) is 0 Å². The summed E-state index contributed by atoms with van der Waals surface area (Å²) >= 11 is 0. The molecule has 5 nitrogen and oxygen atoms in total. The molecule has 0 amide bonds. The third-order valence-electron chi connectivity index (χ3n) is 1.49. The maximum Gasteiger partial charge on any atom is 0.307 e. The summed E-state index contributed by atoms with van der Waals surface area (Å²) in [6.45, 7) is 1.77. The molecule has 15 heavy (non-hydrogen) atoms. The van der Waals surface area contributed by atoms with Crippen molar-refractivity contribution < 1.29 is 45.0 Å². The van der Waals surface area contributed by atoms with E-state index < -0.39 is 18.0 Å². The zero-order chi connectivity index (χ0) is 11.4. The van der Waals surface area contributed by atoms with Crippen molar-refractivity contribution in [1.82, 2.24) is 0 Å². The van der Waals surface area contributed by atoms with Crippen molar-refractivity contribution in [3.8, 4) is 0 Å². The number of aliphatic carboxylic acids is 1. The van der Waals surface area contributed by atoms with E-state index in [9.17, 15) is 9.59 Å². The van der Waals surface area contributed by atoms with Gasteiger partial charge in [0.2, 0.25) is 0 Å². The van der Waals surface area contributed by atoms with E-state index in [0.717, 1.165) is 0 Å². The molecular weight excluding hydrogens is 381 g/mol. The molecule has 6 heteroatoms. The number of hydrogen-bond acceptors (Lipinski definition) is 3. The van der Waals surface area contributed by atoms with Crippen molar-refractivity contribution in [2.24, 2.45) is 0 Å². The molecule has 0 aliphatic carbocycles. The van der Waals surface area contributed by atoms with Gasteiger partial charge in [-0.15, -0.1) is 0 Å². The minimum absolute atomic E-state index is 0. The average molecular weight is 399 g/mol. The Balaban J connectivity index is 0. The first kappa shape index (κ1) is 17.0. The molecule has 0 aliphatic heterocycles. The maximum atomic E-state index is 10.7. The van der Waals surface area contributed by atoms with Crippen molar-refractivity contribution in [1.29, 1.82) is 0 Å². The Labute approximate surface area is 104 Å². The van der Waals surface area contributed by atoms with E-state index >= 15 is 0 Å². The largest absolute Gasteiger partial charge is 0.481 e. The van der Waals surface area contributed by atoms with Crippen LogP contribution in [0.1, 0.15) is 13.3 Å². The molecule has 92 valence electrons. The van der Waals surface area contributed by atoms with Crippen LogP contribution in [-0.2, 0) is 35.4 Å². The zero-order valence-corrected chi connectivity index (χ0v) is 11.7. The van der Waals surface area contributed by atoms with Crippen molar-refractivity contribution in [2.45, 2.75) is 19.4 Å². The number of quaternary nitrogens is 1. The van der Waals surface area contributed by atoms with Crippen LogP contribution in [0.2, 0.25) is 0 Å². The second-order valence-electron chi connectivity index (χ2n) is 4.30. The summed E-state index contributed by atoms with van der Waals surface area (Å²) in [6, 6.07) is 0. The van der Waals surface area contributed by atoms with Crippen LogP contribution in [0.4, 0.5) is 0 Å². The van der Waals surface area contributed by atoms with Gasteiger partial charge in [0.15, 0.2) is 6.10 Å². The number of carbonyl (C=O) groups is 2. The summed E-state index contributed by atoms with van der Waals surface area (Å²) in [6.07, 6.45) is -0.695. The number of rotatable bonds is 5. The minimum atomic E-state index is -0.954. The number of likely N-dealkylation sites (N-methyl/N-ethyl adjacent to an activating group) is 1. The first-order chi connectivity index (χ1) is 6.20. The Morgan fingerprint density at radius 3 is 2.07 bits per heavy atom. The third-order valence-corrected chi connectivity index (χ3v) is 1.49. The topological polar surface area (TPSA) is 63.6 Å². The fourth-order valence-corrected chi connectivity index (χ4v) is 1.18. The second-order valence-corrected chi connectivity index (χ2v) is 4.30. The van der Waals surface area contributed by atoms with Gasteiger partial charge in [0.25, 0.3) is 0 Å². The van der Waals surface area contributed by atoms with E-state index in [2.05, 4.69) is 0 Å². The first-order valence-corrected chi connectivity index (χ1v) is 4.40. The quantitative estimate of drug-likeness (QED) is 0.526. The van der Waals surface area contributed by atoms with Crippen LogP contribution < -0.4 is 0 Å². The predicted molar refractivity (Wildman–Crippen MR) is 50.7 cm³/mol. The number of carbonyl (C=O) groups excluding carboxylic acids is 1. The molecular formula is C9H18NO4Pt+. The molecule has 0 fully saturated rings. The van der Waals surface area contributed by atoms with Gasteiger partial charge in [-0.05, 0) is 0 Å². The second kappa shape index (κ2) is 6.96. The minimum Gasteiger partial charge on any atom is -0.481 e. The van der Waals surface area contributed by atoms with Gasteiger partial charge in [0.05, 0.1) is 27.6 Å². The van der Waals surface area contributed by atoms with Crippen LogP contribution in [0.25, 0.3) is 0 Å². The fraction of sp³-hybridized carbons (Fsp3) is 0.778. The van der Waals surface area contributed by atoms with Crippen molar-refractivity contribution >= 4 is 11.9 Å². The van der Waals surface area contributed by atoms with E-state index in [1.54, 1.807) is 0 Å². The molecule has 0 bridgehead atoms. The van der Waals surface area contributed by atoms with Crippen LogP contribution in [-0.4, -0.2) is 55.3 Å². The number of carboxylic acids is 1. The van der Waals surface area contributed by atoms with E-state index in [1.807, 2.05) is 21.1 Å². The summed E-state index contributed by atoms with van der Waals surface area (Å²) < 4.78 is 5.46. The SMILES string of the molecule is CC(=O)O[C@H](CC(=O)O)C[N+](C)(C)C.[Pt]. The average Bonchev–Trinajstić information content (AvgIpc) is 1.77. The molecule has 0 aromatic carbocycles. The van der Waals surface area contributed by atoms with E-state index in [-0.39, 0.29) is 27.5 Å². The van der Waals surface area contributed by atoms with Gasteiger partial charge in [-0.2, -0.15) is 0 Å².